The van der Waals surface area contributed by atoms with Crippen LogP contribution < -0.4 is 11.4 Å². The highest BCUT2D eigenvalue weighted by Crippen LogP contribution is 2.48. The van der Waals surface area contributed by atoms with Crippen LogP contribution in [0.25, 0.3) is 0 Å². The quantitative estimate of drug-likeness (QED) is 0.648. The van der Waals surface area contributed by atoms with Crippen LogP contribution in [0.3, 0.4) is 0 Å². The van der Waals surface area contributed by atoms with Crippen LogP contribution in [-0.4, -0.2) is 46.5 Å². The Morgan fingerprint density at radius 2 is 2.35 bits per heavy atom. The summed E-state index contributed by atoms with van der Waals surface area (Å²) < 4.78 is 23.6. The zero-order valence-electron chi connectivity index (χ0n) is 15.4. The monoisotopic (exact) mass is 407 g/mol. The maximum Gasteiger partial charge on any atom is 0.351 e. The fourth-order valence-electron chi connectivity index (χ4n) is 2.94. The van der Waals surface area contributed by atoms with Gasteiger partial charge in [0.05, 0.1) is 6.61 Å². The summed E-state index contributed by atoms with van der Waals surface area (Å²) in [5, 5.41) is 0. The Labute approximate surface area is 157 Å². The summed E-state index contributed by atoms with van der Waals surface area (Å²) in [5.41, 5.74) is 5.06. The standard InChI is InChI=1S/C15H26N3O6PS/c1-5-15(6-7-22-9-12(15)24-25(20,26)21-4)23-11(3)18-8-10(2)13(16)17-14(18)19/h8,11-12H,5-7,9H2,1-4H3,(H,20,26)(H2,16,17,19)/t11?,12?,15-,25?/m0/s1. The van der Waals surface area contributed by atoms with Crippen LogP contribution in [0.2, 0.25) is 0 Å². The molecule has 0 saturated carbocycles. The minimum Gasteiger partial charge on any atom is -0.383 e. The van der Waals surface area contributed by atoms with E-state index in [0.29, 0.717) is 25.0 Å². The van der Waals surface area contributed by atoms with Crippen molar-refractivity contribution in [2.45, 2.75) is 51.5 Å². The third kappa shape index (κ3) is 4.69. The minimum absolute atomic E-state index is 0.192. The number of anilines is 1. The van der Waals surface area contributed by atoms with Gasteiger partial charge in [-0.15, -0.1) is 0 Å². The van der Waals surface area contributed by atoms with Crippen molar-refractivity contribution >= 4 is 24.3 Å². The van der Waals surface area contributed by atoms with Crippen LogP contribution in [0.15, 0.2) is 11.0 Å². The molecular formula is C15H26N3O6PS. The maximum atomic E-state index is 12.2. The molecule has 0 amide bonds. The number of aryl methyl sites for hydroxylation is 1. The van der Waals surface area contributed by atoms with Crippen LogP contribution >= 0.6 is 6.72 Å². The number of nitrogens with zero attached hydrogens (tertiary/aromatic N) is 2. The molecule has 0 aromatic carbocycles. The second kappa shape index (κ2) is 8.43. The highest BCUT2D eigenvalue weighted by molar-refractivity contribution is 8.07. The number of hydrogen-bond donors (Lipinski definition) is 2. The number of nitrogens with two attached hydrogens (primary N) is 1. The molecule has 1 aromatic heterocycles. The Morgan fingerprint density at radius 3 is 2.96 bits per heavy atom. The summed E-state index contributed by atoms with van der Waals surface area (Å²) >= 11 is 4.97. The van der Waals surface area contributed by atoms with E-state index in [-0.39, 0.29) is 12.4 Å². The first-order valence-corrected chi connectivity index (χ1v) is 10.9. The molecule has 2 heterocycles. The van der Waals surface area contributed by atoms with Crippen molar-refractivity contribution in [2.75, 3.05) is 26.1 Å². The lowest BCUT2D eigenvalue weighted by atomic mass is 9.88. The van der Waals surface area contributed by atoms with E-state index in [9.17, 15) is 9.69 Å². The summed E-state index contributed by atoms with van der Waals surface area (Å²) in [6, 6.07) is 0. The first-order chi connectivity index (χ1) is 12.1. The third-order valence-electron chi connectivity index (χ3n) is 4.59. The number of hydrogen-bond acceptors (Lipinski definition) is 8. The molecule has 0 aliphatic carbocycles. The number of rotatable bonds is 7. The average Bonchev–Trinajstić information content (AvgIpc) is 2.59. The van der Waals surface area contributed by atoms with Gasteiger partial charge in [-0.1, -0.05) is 6.92 Å². The average molecular weight is 407 g/mol. The van der Waals surface area contributed by atoms with E-state index in [0.717, 1.165) is 0 Å². The Bertz CT molecular complexity index is 745. The molecule has 1 aromatic rings. The Balaban J connectivity index is 2.30. The SMILES string of the molecule is CC[C@]1(OC(C)n2cc(C)c(N)nc2=O)CCOCC1OP(O)(=S)OC. The summed E-state index contributed by atoms with van der Waals surface area (Å²) in [5.74, 6) is 0.192. The van der Waals surface area contributed by atoms with Gasteiger partial charge in [0, 0.05) is 31.9 Å². The van der Waals surface area contributed by atoms with Gasteiger partial charge in [0.25, 0.3) is 0 Å². The van der Waals surface area contributed by atoms with Gasteiger partial charge in [0.15, 0.2) is 0 Å². The molecule has 0 radical (unpaired) electrons. The summed E-state index contributed by atoms with van der Waals surface area (Å²) in [6.45, 7) is 2.73. The summed E-state index contributed by atoms with van der Waals surface area (Å²) in [7, 11) is 1.30. The Hall–Kier alpha value is -0.870. The van der Waals surface area contributed by atoms with Crippen molar-refractivity contribution in [3.63, 3.8) is 0 Å². The molecule has 1 aliphatic heterocycles. The first-order valence-electron chi connectivity index (χ1n) is 8.32. The molecule has 9 nitrogen and oxygen atoms in total. The van der Waals surface area contributed by atoms with E-state index in [1.165, 1.54) is 11.7 Å². The zero-order chi connectivity index (χ0) is 19.5. The highest BCUT2D eigenvalue weighted by Gasteiger charge is 2.46. The third-order valence-corrected chi connectivity index (χ3v) is 6.27. The van der Waals surface area contributed by atoms with Crippen LogP contribution in [-0.2, 0) is 30.3 Å². The second-order valence-electron chi connectivity index (χ2n) is 6.20. The van der Waals surface area contributed by atoms with E-state index < -0.39 is 30.3 Å². The zero-order valence-corrected chi connectivity index (χ0v) is 17.1. The van der Waals surface area contributed by atoms with E-state index in [1.807, 2.05) is 6.92 Å². The van der Waals surface area contributed by atoms with Crippen molar-refractivity contribution < 1.29 is 23.4 Å². The lowest BCUT2D eigenvalue weighted by Gasteiger charge is -2.44. The van der Waals surface area contributed by atoms with Crippen LogP contribution in [0.4, 0.5) is 5.82 Å². The van der Waals surface area contributed by atoms with Gasteiger partial charge in [-0.2, -0.15) is 4.98 Å². The normalized spacial score (nSPS) is 27.0. The smallest absolute Gasteiger partial charge is 0.351 e. The molecule has 1 saturated heterocycles. The van der Waals surface area contributed by atoms with Gasteiger partial charge in [-0.25, -0.2) is 4.79 Å². The van der Waals surface area contributed by atoms with Crippen molar-refractivity contribution in [1.82, 2.24) is 9.55 Å². The van der Waals surface area contributed by atoms with E-state index in [1.54, 1.807) is 20.0 Å². The molecule has 11 heteroatoms. The fraction of sp³-hybridized carbons (Fsp3) is 0.733. The molecule has 1 aliphatic rings. The van der Waals surface area contributed by atoms with Crippen molar-refractivity contribution in [3.05, 3.63) is 22.2 Å². The van der Waals surface area contributed by atoms with Gasteiger partial charge < -0.3 is 24.6 Å². The topological polar surface area (TPSA) is 118 Å². The number of aromatic nitrogens is 2. The van der Waals surface area contributed by atoms with Gasteiger partial charge in [0.1, 0.15) is 23.8 Å². The van der Waals surface area contributed by atoms with Crippen molar-refractivity contribution in [3.8, 4) is 0 Å². The Kier molecular flexibility index (Phi) is 6.95. The maximum absolute atomic E-state index is 12.2. The number of nitrogen functional groups attached to an aromatic ring is 1. The van der Waals surface area contributed by atoms with Crippen LogP contribution in [0, 0.1) is 6.92 Å². The Morgan fingerprint density at radius 1 is 1.65 bits per heavy atom. The first kappa shape index (κ1) is 21.4. The molecule has 2 rings (SSSR count). The van der Waals surface area contributed by atoms with Gasteiger partial charge >= 0.3 is 12.4 Å². The molecular weight excluding hydrogens is 381 g/mol. The second-order valence-corrected chi connectivity index (χ2v) is 9.10. The predicted octanol–water partition coefficient (Wildman–Crippen LogP) is 1.49. The van der Waals surface area contributed by atoms with Crippen LogP contribution in [0.5, 0.6) is 0 Å². The molecule has 148 valence electrons. The van der Waals surface area contributed by atoms with Crippen LogP contribution in [0.1, 0.15) is 38.5 Å². The fourth-order valence-corrected chi connectivity index (χ4v) is 3.91. The molecule has 26 heavy (non-hydrogen) atoms. The highest BCUT2D eigenvalue weighted by atomic mass is 32.5. The predicted molar refractivity (Wildman–Crippen MR) is 100 cm³/mol. The number of ether oxygens (including phenoxy) is 2. The van der Waals surface area contributed by atoms with Gasteiger partial charge in [-0.05, 0) is 32.1 Å². The van der Waals surface area contributed by atoms with Crippen molar-refractivity contribution in [2.24, 2.45) is 0 Å². The summed E-state index contributed by atoms with van der Waals surface area (Å²) in [4.78, 5) is 26.1. The minimum atomic E-state index is -3.40. The summed E-state index contributed by atoms with van der Waals surface area (Å²) in [6.07, 6.45) is 1.45. The van der Waals surface area contributed by atoms with E-state index in [2.05, 4.69) is 4.98 Å². The largest absolute Gasteiger partial charge is 0.383 e. The molecule has 4 atom stereocenters. The van der Waals surface area contributed by atoms with E-state index in [4.69, 9.17) is 36.1 Å². The van der Waals surface area contributed by atoms with Crippen molar-refractivity contribution in [1.29, 1.82) is 0 Å². The lowest BCUT2D eigenvalue weighted by molar-refractivity contribution is -0.213. The molecule has 0 spiro atoms. The molecule has 0 bridgehead atoms. The lowest BCUT2D eigenvalue weighted by Crippen LogP contribution is -2.53. The molecule has 3 unspecified atom stereocenters. The molecule has 3 N–H and O–H groups in total. The molecule has 1 fully saturated rings. The van der Waals surface area contributed by atoms with Gasteiger partial charge in [0.2, 0.25) is 0 Å². The van der Waals surface area contributed by atoms with Gasteiger partial charge in [-0.3, -0.25) is 9.09 Å². The van der Waals surface area contributed by atoms with E-state index >= 15 is 0 Å².